The van der Waals surface area contributed by atoms with E-state index in [4.69, 9.17) is 18.9 Å². The van der Waals surface area contributed by atoms with Crippen LogP contribution in [-0.4, -0.2) is 112 Å². The quantitative estimate of drug-likeness (QED) is 0.232. The molecular weight excluding hydrogens is 1210 g/mol. The maximum Gasteiger partial charge on any atom is 0.104 e. The van der Waals surface area contributed by atoms with Crippen molar-refractivity contribution in [1.29, 1.82) is 0 Å². The summed E-state index contributed by atoms with van der Waals surface area (Å²) in [6.07, 6.45) is 60.6. The van der Waals surface area contributed by atoms with Crippen molar-refractivity contribution in [3.63, 3.8) is 0 Å². The minimum absolute atomic E-state index is 0.0440. The van der Waals surface area contributed by atoms with Crippen LogP contribution in [0.2, 0.25) is 0 Å². The lowest BCUT2D eigenvalue weighted by atomic mass is 9.84. The smallest absolute Gasteiger partial charge is 0.104 e. The molecule has 1 heterocycles. The van der Waals surface area contributed by atoms with Crippen LogP contribution in [0, 0.1) is 118 Å². The molecule has 0 aromatic carbocycles. The summed E-state index contributed by atoms with van der Waals surface area (Å²) in [7, 11) is 0. The summed E-state index contributed by atoms with van der Waals surface area (Å²) in [5, 5.41) is 29.7. The first kappa shape index (κ1) is 88.3. The van der Waals surface area contributed by atoms with Gasteiger partial charge in [-0.1, -0.05) is 289 Å². The Labute approximate surface area is 611 Å². The second-order valence-corrected chi connectivity index (χ2v) is 37.3. The molecule has 22 unspecified atom stereocenters. The SMILES string of the molecule is CC1CCCC2CCC(C2)C(C)CCCC(C)CCC(C)CCCC(C)C2CCC(CCCC(C)CCOCC(CN(CCO)CCO)OCCC(C)CCCC3CCC(C3)C(C)CCCC(C)CCC(C)CCCC(C)C3CCC(CCCC(C)CCOC(CO)COCC1)C3)C2. The van der Waals surface area contributed by atoms with E-state index < -0.39 is 0 Å². The fraction of sp³-hybridized carbons (Fsp3) is 1.00. The Kier molecular flexibility index (Phi) is 48.2. The Balaban J connectivity index is 1.00. The third-order valence-corrected chi connectivity index (χ3v) is 28.1. The monoisotopic (exact) mass is 1380 g/mol. The van der Waals surface area contributed by atoms with Gasteiger partial charge in [0.1, 0.15) is 6.10 Å². The highest BCUT2D eigenvalue weighted by atomic mass is 16.5. The van der Waals surface area contributed by atoms with Crippen LogP contribution < -0.4 is 0 Å². The summed E-state index contributed by atoms with van der Waals surface area (Å²) >= 11 is 0. The Morgan fingerprint density at radius 3 is 0.806 bits per heavy atom. The molecule has 5 fully saturated rings. The first-order valence-electron chi connectivity index (χ1n) is 44.3. The zero-order chi connectivity index (χ0) is 70.7. The van der Waals surface area contributed by atoms with Crippen LogP contribution in [-0.2, 0) is 18.9 Å². The highest BCUT2D eigenvalue weighted by Gasteiger charge is 2.33. The summed E-state index contributed by atoms with van der Waals surface area (Å²) in [5.74, 6) is 17.2. The molecule has 3 N–H and O–H groups in total. The lowest BCUT2D eigenvalue weighted by molar-refractivity contribution is -0.0471. The first-order chi connectivity index (χ1) is 47.4. The fourth-order valence-corrected chi connectivity index (χ4v) is 20.0. The predicted octanol–water partition coefficient (Wildman–Crippen LogP) is 23.9. The van der Waals surface area contributed by atoms with Crippen LogP contribution in [0.4, 0.5) is 0 Å². The highest BCUT2D eigenvalue weighted by Crippen LogP contribution is 2.45. The molecule has 0 radical (unpaired) electrons. The van der Waals surface area contributed by atoms with Gasteiger partial charge >= 0.3 is 0 Å². The van der Waals surface area contributed by atoms with E-state index in [1.54, 1.807) is 0 Å². The van der Waals surface area contributed by atoms with Gasteiger partial charge in [0.15, 0.2) is 0 Å². The van der Waals surface area contributed by atoms with E-state index in [1.807, 2.05) is 0 Å². The summed E-state index contributed by atoms with van der Waals surface area (Å²) in [4.78, 5) is 2.14. The number of aliphatic hydroxyl groups is 3. The Morgan fingerprint density at radius 1 is 0.265 bits per heavy atom. The summed E-state index contributed by atoms with van der Waals surface area (Å²) in [6.45, 7) is 36.4. The van der Waals surface area contributed by atoms with Gasteiger partial charge in [0.05, 0.1) is 39.1 Å². The fourth-order valence-electron chi connectivity index (χ4n) is 20.0. The van der Waals surface area contributed by atoms with E-state index in [1.165, 1.54) is 257 Å². The van der Waals surface area contributed by atoms with E-state index in [0.29, 0.717) is 56.5 Å². The molecule has 0 spiro atoms. The van der Waals surface area contributed by atoms with Gasteiger partial charge in [0.2, 0.25) is 0 Å². The van der Waals surface area contributed by atoms with Crippen molar-refractivity contribution in [2.45, 2.75) is 378 Å². The summed E-state index contributed by atoms with van der Waals surface area (Å²) in [6, 6.07) is 0. The standard InChI is InChI=1S/C90H173NO7/c1-69-21-13-29-77(9)85-45-41-81(61-85)33-17-25-73(5)49-57-95-67-89(65-91(53-55-92)54-56-93)97-59-51-75(7)27-19-35-83-43-47-87(63-83)79(11)31-15-23-71(3)39-40-72(4)24-16-32-80(12)88-48-44-84(64-88)36-20-28-76(8)52-60-98-90(66-94)68-96-58-50-74(6)26-18-34-82-42-46-86(62-82)78(10)30-14-22-70(2)38-37-69/h69-90,92-94H,13-68H2,1-12H3. The topological polar surface area (TPSA) is 101 Å². The van der Waals surface area contributed by atoms with Crippen LogP contribution in [0.1, 0.15) is 366 Å². The molecule has 22 atom stereocenters. The minimum atomic E-state index is -0.199. The number of rotatable bonds is 7. The molecule has 5 aliphatic rings. The van der Waals surface area contributed by atoms with E-state index in [2.05, 4.69) is 88.0 Å². The van der Waals surface area contributed by atoms with Gasteiger partial charge in [-0.2, -0.15) is 0 Å². The molecule has 1 aliphatic heterocycles. The summed E-state index contributed by atoms with van der Waals surface area (Å²) < 4.78 is 25.3. The second kappa shape index (κ2) is 53.5. The molecular formula is C90H173NO7. The molecule has 5 rings (SSSR count). The lowest BCUT2D eigenvalue weighted by Gasteiger charge is -2.27. The average Bonchev–Trinajstić information content (AvgIpc) is 1.83. The van der Waals surface area contributed by atoms with Gasteiger partial charge in [-0.3, -0.25) is 4.90 Å². The van der Waals surface area contributed by atoms with E-state index in [0.717, 1.165) is 147 Å². The van der Waals surface area contributed by atoms with Crippen molar-refractivity contribution in [2.24, 2.45) is 118 Å². The molecule has 0 aromatic heterocycles. The number of fused-ring (bicyclic) bond motifs is 8. The molecule has 0 amide bonds. The molecule has 8 heteroatoms. The largest absolute Gasteiger partial charge is 0.395 e. The Bertz CT molecular complexity index is 1850. The number of hydrogen-bond acceptors (Lipinski definition) is 8. The molecule has 4 aliphatic carbocycles. The Hall–Kier alpha value is -0.320. The molecule has 4 saturated carbocycles. The maximum atomic E-state index is 10.1. The van der Waals surface area contributed by atoms with Gasteiger partial charge in [-0.15, -0.1) is 0 Å². The van der Waals surface area contributed by atoms with E-state index in [9.17, 15) is 15.3 Å². The third-order valence-electron chi connectivity index (χ3n) is 28.1. The normalized spacial score (nSPS) is 38.9. The van der Waals surface area contributed by atoms with Crippen molar-refractivity contribution in [1.82, 2.24) is 4.90 Å². The minimum Gasteiger partial charge on any atom is -0.395 e. The van der Waals surface area contributed by atoms with Crippen molar-refractivity contribution in [2.75, 3.05) is 79.1 Å². The molecule has 8 bridgehead atoms. The van der Waals surface area contributed by atoms with Crippen LogP contribution in [0.3, 0.4) is 0 Å². The number of ether oxygens (including phenoxy) is 4. The zero-order valence-electron chi connectivity index (χ0n) is 67.7. The van der Waals surface area contributed by atoms with Gasteiger partial charge < -0.3 is 34.3 Å². The van der Waals surface area contributed by atoms with Crippen LogP contribution in [0.15, 0.2) is 0 Å². The summed E-state index contributed by atoms with van der Waals surface area (Å²) in [5.41, 5.74) is 0. The number of aliphatic hydroxyl groups excluding tert-OH is 3. The van der Waals surface area contributed by atoms with Crippen molar-refractivity contribution >= 4 is 0 Å². The number of hydrogen-bond donors (Lipinski definition) is 3. The van der Waals surface area contributed by atoms with Crippen molar-refractivity contribution < 1.29 is 34.3 Å². The first-order valence-corrected chi connectivity index (χ1v) is 44.3. The van der Waals surface area contributed by atoms with E-state index >= 15 is 0 Å². The zero-order valence-corrected chi connectivity index (χ0v) is 67.7. The van der Waals surface area contributed by atoms with Gasteiger partial charge in [0.25, 0.3) is 0 Å². The van der Waals surface area contributed by atoms with Crippen molar-refractivity contribution in [3.8, 4) is 0 Å². The van der Waals surface area contributed by atoms with Gasteiger partial charge in [0, 0.05) is 46.1 Å². The number of nitrogens with zero attached hydrogens (tertiary/aromatic N) is 1. The third kappa shape index (κ3) is 39.3. The maximum absolute atomic E-state index is 10.1. The lowest BCUT2D eigenvalue weighted by Crippen LogP contribution is -2.40. The molecule has 98 heavy (non-hydrogen) atoms. The van der Waals surface area contributed by atoms with Crippen LogP contribution >= 0.6 is 0 Å². The molecule has 0 aromatic rings. The molecule has 8 nitrogen and oxygen atoms in total. The molecule has 1 saturated heterocycles. The van der Waals surface area contributed by atoms with Crippen LogP contribution in [0.25, 0.3) is 0 Å². The predicted molar refractivity (Wildman–Crippen MR) is 420 cm³/mol. The van der Waals surface area contributed by atoms with Gasteiger partial charge in [-0.05, 0) is 195 Å². The van der Waals surface area contributed by atoms with Gasteiger partial charge in [-0.25, -0.2) is 0 Å². The average molecular weight is 1380 g/mol. The van der Waals surface area contributed by atoms with Crippen LogP contribution in [0.5, 0.6) is 0 Å². The second-order valence-electron chi connectivity index (χ2n) is 37.3. The highest BCUT2D eigenvalue weighted by molar-refractivity contribution is 4.84. The molecule has 580 valence electrons. The Morgan fingerprint density at radius 2 is 0.520 bits per heavy atom. The van der Waals surface area contributed by atoms with Crippen molar-refractivity contribution in [3.05, 3.63) is 0 Å². The van der Waals surface area contributed by atoms with E-state index in [-0.39, 0.29) is 32.0 Å².